The van der Waals surface area contributed by atoms with Crippen molar-refractivity contribution in [1.29, 1.82) is 0 Å². The van der Waals surface area contributed by atoms with Gasteiger partial charge >= 0.3 is 73.7 Å². The standard InChI is InChI=1S/C36H66O3.K.H2O4S.H/c1-3-5-7-9-11-13-15-17-19-21-23-25-27-29-31-33-35(37)39-36(38)34-32-30-28-26-24-22-20-18-16-14-12-10-8-6-4-2;;1-5(2,3)4;/h17-20H,3-16,21-34H2,1-2H3;;(H2,1,2,3,4);/q;+1;;-1/b19-17-,20-18?;;;. The van der Waals surface area contributed by atoms with Crippen LogP contribution in [0.4, 0.5) is 0 Å². The number of carbonyl (C=O) groups excluding carboxylic acids is 2. The van der Waals surface area contributed by atoms with E-state index in [4.69, 9.17) is 22.3 Å². The summed E-state index contributed by atoms with van der Waals surface area (Å²) >= 11 is 0. The number of unbranched alkanes of at least 4 members (excludes halogenated alkanes) is 22. The van der Waals surface area contributed by atoms with Crippen LogP contribution in [-0.2, 0) is 24.7 Å². The van der Waals surface area contributed by atoms with E-state index in [1.165, 1.54) is 128 Å². The van der Waals surface area contributed by atoms with Crippen LogP contribution in [-0.4, -0.2) is 29.5 Å². The molecule has 0 bridgehead atoms. The first-order valence-electron chi connectivity index (χ1n) is 17.9. The van der Waals surface area contributed by atoms with Crippen LogP contribution in [0.5, 0.6) is 0 Å². The molecule has 2 N–H and O–H groups in total. The van der Waals surface area contributed by atoms with Gasteiger partial charge in [0.2, 0.25) is 0 Å². The number of hydrogen-bond acceptors (Lipinski definition) is 5. The molecule has 0 saturated heterocycles. The molecule has 0 unspecified atom stereocenters. The first-order valence-corrected chi connectivity index (χ1v) is 19.3. The molecule has 0 aliphatic heterocycles. The Hall–Kier alpha value is 0.126. The Morgan fingerprint density at radius 1 is 0.489 bits per heavy atom. The molecule has 0 aliphatic rings. The molecule has 0 radical (unpaired) electrons. The van der Waals surface area contributed by atoms with Crippen molar-refractivity contribution in [1.82, 2.24) is 0 Å². The normalized spacial score (nSPS) is 11.4. The molecule has 9 heteroatoms. The van der Waals surface area contributed by atoms with E-state index < -0.39 is 10.4 Å². The van der Waals surface area contributed by atoms with Gasteiger partial charge in [-0.3, -0.25) is 18.7 Å². The summed E-state index contributed by atoms with van der Waals surface area (Å²) in [4.78, 5) is 23.8. The van der Waals surface area contributed by atoms with Gasteiger partial charge in [-0.2, -0.15) is 8.42 Å². The van der Waals surface area contributed by atoms with E-state index in [1.54, 1.807) is 0 Å². The van der Waals surface area contributed by atoms with Crippen molar-refractivity contribution in [2.24, 2.45) is 0 Å². The van der Waals surface area contributed by atoms with E-state index in [1.807, 2.05) is 0 Å². The zero-order valence-electron chi connectivity index (χ0n) is 30.5. The summed E-state index contributed by atoms with van der Waals surface area (Å²) in [5.41, 5.74) is 0. The Balaban J connectivity index is -0.00000116. The third-order valence-corrected chi connectivity index (χ3v) is 7.51. The number of rotatable bonds is 30. The second kappa shape index (κ2) is 40.3. The van der Waals surface area contributed by atoms with Gasteiger partial charge in [-0.15, -0.1) is 0 Å². The fourth-order valence-corrected chi connectivity index (χ4v) is 4.91. The Morgan fingerprint density at radius 3 is 0.978 bits per heavy atom. The molecule has 262 valence electrons. The van der Waals surface area contributed by atoms with Crippen molar-refractivity contribution in [2.75, 3.05) is 0 Å². The summed E-state index contributed by atoms with van der Waals surface area (Å²) in [6.45, 7) is 4.53. The zero-order valence-corrected chi connectivity index (χ0v) is 33.4. The van der Waals surface area contributed by atoms with E-state index >= 15 is 0 Å². The van der Waals surface area contributed by atoms with Gasteiger partial charge in [0.1, 0.15) is 0 Å². The molecule has 0 amide bonds. The van der Waals surface area contributed by atoms with Crippen LogP contribution in [0, 0.1) is 0 Å². The second-order valence-corrected chi connectivity index (χ2v) is 12.9. The van der Waals surface area contributed by atoms with Crippen LogP contribution in [0.25, 0.3) is 0 Å². The fourth-order valence-electron chi connectivity index (χ4n) is 4.91. The van der Waals surface area contributed by atoms with E-state index in [0.29, 0.717) is 12.8 Å². The molecule has 45 heavy (non-hydrogen) atoms. The van der Waals surface area contributed by atoms with Gasteiger partial charge in [-0.1, -0.05) is 141 Å². The molecule has 0 aromatic heterocycles. The van der Waals surface area contributed by atoms with Crippen molar-refractivity contribution in [3.63, 3.8) is 0 Å². The number of esters is 2. The number of allylic oxidation sites excluding steroid dienone is 4. The topological polar surface area (TPSA) is 118 Å². The Labute approximate surface area is 322 Å². The third kappa shape index (κ3) is 53.9. The Kier molecular flexibility index (Phi) is 44.3. The summed E-state index contributed by atoms with van der Waals surface area (Å²) in [7, 11) is -4.67. The summed E-state index contributed by atoms with van der Waals surface area (Å²) in [6.07, 6.45) is 42.2. The fraction of sp³-hybridized carbons (Fsp3) is 0.833. The van der Waals surface area contributed by atoms with Crippen LogP contribution in [0.3, 0.4) is 0 Å². The second-order valence-electron chi connectivity index (χ2n) is 12.0. The molecule has 0 heterocycles. The Bertz CT molecular complexity index is 746. The molecule has 0 saturated carbocycles. The van der Waals surface area contributed by atoms with Crippen LogP contribution < -0.4 is 51.4 Å². The van der Waals surface area contributed by atoms with Gasteiger partial charge in [0.05, 0.1) is 0 Å². The van der Waals surface area contributed by atoms with Crippen molar-refractivity contribution in [3.8, 4) is 0 Å². The van der Waals surface area contributed by atoms with E-state index in [2.05, 4.69) is 38.2 Å². The first kappa shape index (κ1) is 49.5. The van der Waals surface area contributed by atoms with Crippen molar-refractivity contribution in [3.05, 3.63) is 24.3 Å². The van der Waals surface area contributed by atoms with E-state index in [-0.39, 0.29) is 64.7 Å². The van der Waals surface area contributed by atoms with Gasteiger partial charge in [-0.05, 0) is 64.2 Å². The predicted octanol–water partition coefficient (Wildman–Crippen LogP) is 8.59. The van der Waals surface area contributed by atoms with Gasteiger partial charge in [-0.25, -0.2) is 0 Å². The minimum atomic E-state index is -4.67. The number of carbonyl (C=O) groups is 2. The molecule has 7 nitrogen and oxygen atoms in total. The van der Waals surface area contributed by atoms with Gasteiger partial charge in [0.25, 0.3) is 0 Å². The molecule has 0 aromatic carbocycles. The summed E-state index contributed by atoms with van der Waals surface area (Å²) in [5, 5.41) is 0. The first-order chi connectivity index (χ1) is 21.2. The number of hydrogen-bond donors (Lipinski definition) is 2. The molecular formula is C36H69KO7S. The van der Waals surface area contributed by atoms with Gasteiger partial charge < -0.3 is 6.16 Å². The smallest absolute Gasteiger partial charge is 1.00 e. The molecule has 0 spiro atoms. The van der Waals surface area contributed by atoms with E-state index in [0.717, 1.165) is 38.5 Å². The average molecular weight is 685 g/mol. The molecule has 0 rings (SSSR count). The average Bonchev–Trinajstić information content (AvgIpc) is 2.96. The van der Waals surface area contributed by atoms with E-state index in [9.17, 15) is 9.59 Å². The molecule has 0 fully saturated rings. The quantitative estimate of drug-likeness (QED) is 0.0194. The maximum Gasteiger partial charge on any atom is 1.00 e. The van der Waals surface area contributed by atoms with Crippen molar-refractivity contribution < 1.29 is 84.7 Å². The van der Waals surface area contributed by atoms with Crippen LogP contribution >= 0.6 is 0 Å². The van der Waals surface area contributed by atoms with Gasteiger partial charge in [0, 0.05) is 12.8 Å². The molecule has 0 atom stereocenters. The Morgan fingerprint density at radius 2 is 0.711 bits per heavy atom. The predicted molar refractivity (Wildman–Crippen MR) is 185 cm³/mol. The minimum absolute atomic E-state index is 0. The maximum absolute atomic E-state index is 11.9. The minimum Gasteiger partial charge on any atom is -1.00 e. The van der Waals surface area contributed by atoms with Gasteiger partial charge in [0.15, 0.2) is 0 Å². The van der Waals surface area contributed by atoms with Crippen molar-refractivity contribution >= 4 is 22.3 Å². The molecule has 0 aliphatic carbocycles. The summed E-state index contributed by atoms with van der Waals surface area (Å²) in [5.74, 6) is -0.684. The summed E-state index contributed by atoms with van der Waals surface area (Å²) < 4.78 is 36.6. The summed E-state index contributed by atoms with van der Waals surface area (Å²) in [6, 6.07) is 0. The maximum atomic E-state index is 11.9. The van der Waals surface area contributed by atoms with Crippen LogP contribution in [0.1, 0.15) is 195 Å². The SMILES string of the molecule is CCCCCCCCC=CCCCCCCCC(=O)OC(=O)CCCCCCC/C=C\CCCCCCCC.O=S(=O)(O)O.[H-].[K+]. The number of ether oxygens (including phenoxy) is 1. The third-order valence-electron chi connectivity index (χ3n) is 7.51. The monoisotopic (exact) mass is 684 g/mol. The molecule has 0 aromatic rings. The zero-order chi connectivity index (χ0) is 33.0. The largest absolute Gasteiger partial charge is 1.00 e. The van der Waals surface area contributed by atoms with Crippen LogP contribution in [0.2, 0.25) is 0 Å². The molecular weight excluding hydrogens is 616 g/mol. The van der Waals surface area contributed by atoms with Crippen LogP contribution in [0.15, 0.2) is 24.3 Å². The van der Waals surface area contributed by atoms with Crippen molar-refractivity contribution in [2.45, 2.75) is 194 Å².